The van der Waals surface area contributed by atoms with Gasteiger partial charge >= 0.3 is 0 Å². The minimum Gasteiger partial charge on any atom is -0.289 e. The second-order valence-corrected chi connectivity index (χ2v) is 5.80. The molecule has 0 unspecified atom stereocenters. The number of hydrogen-bond donors (Lipinski definition) is 0. The maximum absolute atomic E-state index is 13.4. The third-order valence-electron chi connectivity index (χ3n) is 3.45. The van der Waals surface area contributed by atoms with E-state index in [0.717, 1.165) is 10.1 Å². The first-order valence-corrected chi connectivity index (χ1v) is 7.23. The van der Waals surface area contributed by atoms with Gasteiger partial charge in [0.1, 0.15) is 5.82 Å². The molecule has 0 saturated heterocycles. The normalized spacial score (nSPS) is 10.9. The van der Waals surface area contributed by atoms with Crippen LogP contribution in [0.1, 0.15) is 27.0 Å². The summed E-state index contributed by atoms with van der Waals surface area (Å²) in [6.45, 7) is 3.55. The second-order valence-electron chi connectivity index (χ2n) is 4.89. The predicted molar refractivity (Wildman–Crippen MR) is 81.1 cm³/mol. The van der Waals surface area contributed by atoms with E-state index >= 15 is 0 Å². The van der Waals surface area contributed by atoms with Crippen LogP contribution in [0.5, 0.6) is 0 Å². The van der Waals surface area contributed by atoms with E-state index in [0.29, 0.717) is 22.3 Å². The molecule has 0 aliphatic heterocycles. The molecule has 3 rings (SSSR count). The average molecular weight is 284 g/mol. The average Bonchev–Trinajstić information content (AvgIpc) is 2.81. The van der Waals surface area contributed by atoms with Crippen molar-refractivity contribution in [2.24, 2.45) is 0 Å². The summed E-state index contributed by atoms with van der Waals surface area (Å²) in [5.74, 6) is -0.329. The number of carbonyl (C=O) groups excluding carboxylic acids is 1. The number of rotatable bonds is 2. The molecule has 0 N–H and O–H groups in total. The highest BCUT2D eigenvalue weighted by molar-refractivity contribution is 7.17. The molecule has 2 aromatic carbocycles. The zero-order valence-corrected chi connectivity index (χ0v) is 12.1. The molecule has 0 amide bonds. The zero-order chi connectivity index (χ0) is 14.3. The smallest absolute Gasteiger partial charge is 0.195 e. The van der Waals surface area contributed by atoms with Crippen molar-refractivity contribution in [3.63, 3.8) is 0 Å². The van der Waals surface area contributed by atoms with Gasteiger partial charge in [-0.15, -0.1) is 11.3 Å². The first-order chi connectivity index (χ1) is 9.58. The largest absolute Gasteiger partial charge is 0.289 e. The topological polar surface area (TPSA) is 17.1 Å². The number of hydrogen-bond acceptors (Lipinski definition) is 2. The van der Waals surface area contributed by atoms with Crippen molar-refractivity contribution in [2.75, 3.05) is 0 Å². The molecule has 0 aliphatic rings. The summed E-state index contributed by atoms with van der Waals surface area (Å²) < 4.78 is 14.4. The zero-order valence-electron chi connectivity index (χ0n) is 11.2. The Kier molecular flexibility index (Phi) is 3.14. The van der Waals surface area contributed by atoms with Crippen LogP contribution in [0.3, 0.4) is 0 Å². The lowest BCUT2D eigenvalue weighted by Crippen LogP contribution is -2.06. The molecule has 0 saturated carbocycles. The van der Waals surface area contributed by atoms with Crippen LogP contribution < -0.4 is 0 Å². The maximum Gasteiger partial charge on any atom is 0.195 e. The molecule has 3 aromatic rings. The molecule has 1 heterocycles. The van der Waals surface area contributed by atoms with E-state index in [-0.39, 0.29) is 11.6 Å². The first-order valence-electron chi connectivity index (χ1n) is 6.35. The van der Waals surface area contributed by atoms with E-state index in [9.17, 15) is 9.18 Å². The van der Waals surface area contributed by atoms with E-state index in [1.165, 1.54) is 12.1 Å². The van der Waals surface area contributed by atoms with Crippen LogP contribution in [-0.4, -0.2) is 5.78 Å². The third kappa shape index (κ3) is 2.04. The minimum atomic E-state index is -0.299. The van der Waals surface area contributed by atoms with Crippen molar-refractivity contribution >= 4 is 27.2 Å². The van der Waals surface area contributed by atoms with Gasteiger partial charge in [-0.2, -0.15) is 0 Å². The highest BCUT2D eigenvalue weighted by Gasteiger charge is 2.18. The summed E-state index contributed by atoms with van der Waals surface area (Å²) in [7, 11) is 0. The van der Waals surface area contributed by atoms with Crippen molar-refractivity contribution in [3.05, 3.63) is 69.8 Å². The van der Waals surface area contributed by atoms with E-state index in [4.69, 9.17) is 0 Å². The van der Waals surface area contributed by atoms with Crippen LogP contribution in [0.25, 0.3) is 10.1 Å². The maximum atomic E-state index is 13.4. The number of thiophene rings is 1. The van der Waals surface area contributed by atoms with E-state index < -0.39 is 0 Å². The summed E-state index contributed by atoms with van der Waals surface area (Å²) >= 11 is 1.56. The van der Waals surface area contributed by atoms with Crippen molar-refractivity contribution in [3.8, 4) is 0 Å². The molecular formula is C17H13FOS. The van der Waals surface area contributed by atoms with Crippen LogP contribution in [0.15, 0.2) is 41.8 Å². The van der Waals surface area contributed by atoms with Gasteiger partial charge in [0.05, 0.1) is 0 Å². The van der Waals surface area contributed by atoms with Gasteiger partial charge in [0, 0.05) is 26.6 Å². The third-order valence-corrected chi connectivity index (χ3v) is 4.41. The molecule has 0 aliphatic carbocycles. The highest BCUT2D eigenvalue weighted by Crippen LogP contribution is 2.29. The number of halogens is 1. The van der Waals surface area contributed by atoms with Gasteiger partial charge in [-0.25, -0.2) is 4.39 Å². The summed E-state index contributed by atoms with van der Waals surface area (Å²) in [4.78, 5) is 12.8. The lowest BCUT2D eigenvalue weighted by atomic mass is 9.94. The van der Waals surface area contributed by atoms with Gasteiger partial charge in [0.2, 0.25) is 0 Å². The Morgan fingerprint density at radius 3 is 2.45 bits per heavy atom. The molecule has 0 radical (unpaired) electrons. The molecule has 0 spiro atoms. The van der Waals surface area contributed by atoms with Crippen molar-refractivity contribution in [1.29, 1.82) is 0 Å². The highest BCUT2D eigenvalue weighted by atomic mass is 32.1. The van der Waals surface area contributed by atoms with Crippen LogP contribution in [-0.2, 0) is 0 Å². The summed E-state index contributed by atoms with van der Waals surface area (Å²) in [5.41, 5.74) is 2.67. The number of benzene rings is 2. The standard InChI is InChI=1S/C17H13FOS/c1-10-7-12(18)8-11(2)16(10)17(19)14-9-20-15-6-4-3-5-13(14)15/h3-9H,1-2H3. The summed E-state index contributed by atoms with van der Waals surface area (Å²) in [5, 5.41) is 2.85. The molecule has 20 heavy (non-hydrogen) atoms. The van der Waals surface area contributed by atoms with Gasteiger partial charge in [0.15, 0.2) is 5.78 Å². The van der Waals surface area contributed by atoms with Gasteiger partial charge in [-0.3, -0.25) is 4.79 Å². The predicted octanol–water partition coefficient (Wildman–Crippen LogP) is 4.89. The van der Waals surface area contributed by atoms with Crippen LogP contribution in [0.4, 0.5) is 4.39 Å². The molecule has 100 valence electrons. The van der Waals surface area contributed by atoms with Crippen molar-refractivity contribution in [1.82, 2.24) is 0 Å². The number of ketones is 1. The second kappa shape index (κ2) is 4.84. The van der Waals surface area contributed by atoms with Crippen molar-refractivity contribution < 1.29 is 9.18 Å². The number of fused-ring (bicyclic) bond motifs is 1. The molecule has 1 nitrogen and oxygen atoms in total. The minimum absolute atomic E-state index is 0.0301. The van der Waals surface area contributed by atoms with E-state index in [1.807, 2.05) is 29.6 Å². The fourth-order valence-corrected chi connectivity index (χ4v) is 3.50. The summed E-state index contributed by atoms with van der Waals surface area (Å²) in [6, 6.07) is 10.7. The molecule has 1 aromatic heterocycles. The molecular weight excluding hydrogens is 271 g/mol. The quantitative estimate of drug-likeness (QED) is 0.612. The monoisotopic (exact) mass is 284 g/mol. The summed E-state index contributed by atoms with van der Waals surface area (Å²) in [6.07, 6.45) is 0. The Morgan fingerprint density at radius 2 is 1.75 bits per heavy atom. The van der Waals surface area contributed by atoms with Crippen molar-refractivity contribution in [2.45, 2.75) is 13.8 Å². The van der Waals surface area contributed by atoms with E-state index in [1.54, 1.807) is 25.2 Å². The van der Waals surface area contributed by atoms with Crippen LogP contribution in [0, 0.1) is 19.7 Å². The Bertz CT molecular complexity index is 794. The SMILES string of the molecule is Cc1cc(F)cc(C)c1C(=O)c1csc2ccccc12. The van der Waals surface area contributed by atoms with Gasteiger partial charge < -0.3 is 0 Å². The van der Waals surface area contributed by atoms with E-state index in [2.05, 4.69) is 0 Å². The molecule has 0 atom stereocenters. The fraction of sp³-hybridized carbons (Fsp3) is 0.118. The molecule has 0 fully saturated rings. The molecule has 0 bridgehead atoms. The Balaban J connectivity index is 2.19. The Hall–Kier alpha value is -2.00. The Labute approximate surface area is 120 Å². The number of carbonyl (C=O) groups is 1. The van der Waals surface area contributed by atoms with Gasteiger partial charge in [-0.1, -0.05) is 18.2 Å². The first kappa shape index (κ1) is 13.0. The number of aryl methyl sites for hydroxylation is 2. The lowest BCUT2D eigenvalue weighted by Gasteiger charge is -2.08. The fourth-order valence-electron chi connectivity index (χ4n) is 2.56. The van der Waals surface area contributed by atoms with Gasteiger partial charge in [0.25, 0.3) is 0 Å². The Morgan fingerprint density at radius 1 is 1.10 bits per heavy atom. The van der Waals surface area contributed by atoms with Crippen LogP contribution >= 0.6 is 11.3 Å². The van der Waals surface area contributed by atoms with Gasteiger partial charge in [-0.05, 0) is 43.2 Å². The molecule has 3 heteroatoms. The lowest BCUT2D eigenvalue weighted by molar-refractivity contribution is 0.103. The van der Waals surface area contributed by atoms with Crippen LogP contribution in [0.2, 0.25) is 0 Å².